The first-order chi connectivity index (χ1) is 17.2. The van der Waals surface area contributed by atoms with Gasteiger partial charge in [-0.1, -0.05) is 63.4 Å². The van der Waals surface area contributed by atoms with Crippen molar-refractivity contribution in [1.29, 1.82) is 0 Å². The Labute approximate surface area is 227 Å². The number of aryl methyl sites for hydroxylation is 1. The number of ether oxygens (including phenoxy) is 1. The summed E-state index contributed by atoms with van der Waals surface area (Å²) >= 11 is 16.3. The van der Waals surface area contributed by atoms with E-state index in [0.717, 1.165) is 20.5 Å². The quantitative estimate of drug-likeness (QED) is 0.256. The number of nitrogens with one attached hydrogen (secondary N) is 1. The first kappa shape index (κ1) is 25.9. The lowest BCUT2D eigenvalue weighted by Crippen LogP contribution is -2.54. The standard InChI is InChI=1S/C27H21BrCl2N2O4/c1-3-36-24-12-16(11-22(30)19(24)13-17-6-4-5-7-21(17)28)10-20-25(33)31-27(35)32(26(20)34)23-14-18(29)9-8-15(23)2/h4-12,14H,3,13H2,1-2H3,(H,31,33,35)/b20-10+. The van der Waals surface area contributed by atoms with Gasteiger partial charge in [-0.2, -0.15) is 0 Å². The van der Waals surface area contributed by atoms with Crippen LogP contribution in [0.5, 0.6) is 5.75 Å². The second kappa shape index (κ2) is 10.9. The summed E-state index contributed by atoms with van der Waals surface area (Å²) in [6.07, 6.45) is 1.91. The molecule has 0 saturated carbocycles. The third-order valence-corrected chi connectivity index (χ3v) is 6.97. The van der Waals surface area contributed by atoms with E-state index in [9.17, 15) is 14.4 Å². The van der Waals surface area contributed by atoms with Crippen molar-refractivity contribution >= 4 is 68.7 Å². The Bertz CT molecular complexity index is 1420. The molecule has 0 aliphatic carbocycles. The maximum absolute atomic E-state index is 13.3. The molecule has 3 aromatic carbocycles. The van der Waals surface area contributed by atoms with Crippen LogP contribution < -0.4 is 15.0 Å². The topological polar surface area (TPSA) is 75.7 Å². The number of urea groups is 1. The van der Waals surface area contributed by atoms with Crippen molar-refractivity contribution in [2.75, 3.05) is 11.5 Å². The van der Waals surface area contributed by atoms with Crippen LogP contribution in [0.3, 0.4) is 0 Å². The normalized spacial score (nSPS) is 14.9. The van der Waals surface area contributed by atoms with E-state index in [2.05, 4.69) is 21.2 Å². The summed E-state index contributed by atoms with van der Waals surface area (Å²) in [5, 5.41) is 3.00. The Morgan fingerprint density at radius 2 is 1.81 bits per heavy atom. The molecule has 1 heterocycles. The average molecular weight is 588 g/mol. The summed E-state index contributed by atoms with van der Waals surface area (Å²) in [5.74, 6) is -1.03. The fourth-order valence-electron chi connectivity index (χ4n) is 3.87. The highest BCUT2D eigenvalue weighted by Gasteiger charge is 2.37. The third kappa shape index (κ3) is 5.33. The molecule has 1 N–H and O–H groups in total. The van der Waals surface area contributed by atoms with Crippen LogP contribution in [-0.2, 0) is 16.0 Å². The number of halogens is 3. The van der Waals surface area contributed by atoms with Crippen LogP contribution in [0.2, 0.25) is 10.0 Å². The van der Waals surface area contributed by atoms with Gasteiger partial charge in [-0.25, -0.2) is 9.69 Å². The minimum absolute atomic E-state index is 0.217. The number of anilines is 1. The van der Waals surface area contributed by atoms with Gasteiger partial charge in [0.1, 0.15) is 11.3 Å². The number of hydrogen-bond acceptors (Lipinski definition) is 4. The highest BCUT2D eigenvalue weighted by Crippen LogP contribution is 2.34. The molecular weight excluding hydrogens is 567 g/mol. The molecule has 4 amide bonds. The molecule has 6 nitrogen and oxygen atoms in total. The Hall–Kier alpha value is -3.13. The van der Waals surface area contributed by atoms with E-state index in [1.54, 1.807) is 31.2 Å². The molecule has 1 saturated heterocycles. The molecule has 9 heteroatoms. The molecule has 0 aromatic heterocycles. The highest BCUT2D eigenvalue weighted by molar-refractivity contribution is 9.10. The minimum atomic E-state index is -0.843. The lowest BCUT2D eigenvalue weighted by molar-refractivity contribution is -0.122. The van der Waals surface area contributed by atoms with E-state index in [-0.39, 0.29) is 5.57 Å². The van der Waals surface area contributed by atoms with Crippen molar-refractivity contribution in [3.8, 4) is 5.75 Å². The second-order valence-corrected chi connectivity index (χ2v) is 9.77. The van der Waals surface area contributed by atoms with Crippen LogP contribution >= 0.6 is 39.1 Å². The summed E-state index contributed by atoms with van der Waals surface area (Å²) < 4.78 is 6.80. The van der Waals surface area contributed by atoms with E-state index >= 15 is 0 Å². The van der Waals surface area contributed by atoms with Crippen LogP contribution in [0.15, 0.2) is 64.6 Å². The van der Waals surface area contributed by atoms with E-state index in [4.69, 9.17) is 27.9 Å². The van der Waals surface area contributed by atoms with Crippen molar-refractivity contribution < 1.29 is 19.1 Å². The molecule has 0 bridgehead atoms. The fraction of sp³-hybridized carbons (Fsp3) is 0.148. The van der Waals surface area contributed by atoms with Gasteiger partial charge < -0.3 is 4.74 Å². The van der Waals surface area contributed by atoms with Crippen LogP contribution in [-0.4, -0.2) is 24.5 Å². The molecule has 0 atom stereocenters. The van der Waals surface area contributed by atoms with Crippen molar-refractivity contribution in [1.82, 2.24) is 5.32 Å². The van der Waals surface area contributed by atoms with Crippen molar-refractivity contribution in [3.63, 3.8) is 0 Å². The van der Waals surface area contributed by atoms with Gasteiger partial charge in [0, 0.05) is 26.5 Å². The summed E-state index contributed by atoms with van der Waals surface area (Å²) in [6.45, 7) is 4.00. The van der Waals surface area contributed by atoms with E-state index in [1.807, 2.05) is 31.2 Å². The number of benzene rings is 3. The van der Waals surface area contributed by atoms with Gasteiger partial charge in [-0.15, -0.1) is 0 Å². The zero-order valence-electron chi connectivity index (χ0n) is 19.4. The summed E-state index contributed by atoms with van der Waals surface area (Å²) in [6, 6.07) is 15.2. The molecule has 184 valence electrons. The molecule has 0 spiro atoms. The van der Waals surface area contributed by atoms with Gasteiger partial charge in [0.05, 0.1) is 12.3 Å². The molecule has 3 aromatic rings. The van der Waals surface area contributed by atoms with Gasteiger partial charge in [0.15, 0.2) is 0 Å². The fourth-order valence-corrected chi connectivity index (χ4v) is 4.75. The van der Waals surface area contributed by atoms with Crippen LogP contribution in [0.25, 0.3) is 6.08 Å². The zero-order valence-corrected chi connectivity index (χ0v) is 22.5. The number of rotatable bonds is 6. The van der Waals surface area contributed by atoms with Gasteiger partial charge in [0.25, 0.3) is 11.8 Å². The highest BCUT2D eigenvalue weighted by atomic mass is 79.9. The monoisotopic (exact) mass is 586 g/mol. The average Bonchev–Trinajstić information content (AvgIpc) is 2.82. The zero-order chi connectivity index (χ0) is 26.0. The van der Waals surface area contributed by atoms with E-state index < -0.39 is 17.8 Å². The van der Waals surface area contributed by atoms with E-state index in [0.29, 0.717) is 45.6 Å². The van der Waals surface area contributed by atoms with Crippen LogP contribution in [0.1, 0.15) is 29.2 Å². The van der Waals surface area contributed by atoms with Gasteiger partial charge >= 0.3 is 6.03 Å². The number of barbiturate groups is 1. The van der Waals surface area contributed by atoms with Gasteiger partial charge in [-0.05, 0) is 66.9 Å². The largest absolute Gasteiger partial charge is 0.494 e. The summed E-state index contributed by atoms with van der Waals surface area (Å²) in [7, 11) is 0. The molecule has 1 aliphatic heterocycles. The number of carbonyl (C=O) groups is 3. The maximum Gasteiger partial charge on any atom is 0.335 e. The smallest absolute Gasteiger partial charge is 0.335 e. The van der Waals surface area contributed by atoms with Crippen LogP contribution in [0, 0.1) is 6.92 Å². The lowest BCUT2D eigenvalue weighted by atomic mass is 10.00. The molecule has 1 fully saturated rings. The Morgan fingerprint density at radius 1 is 1.06 bits per heavy atom. The SMILES string of the molecule is CCOc1cc(/C=C2\C(=O)NC(=O)N(c3cc(Cl)ccc3C)C2=O)cc(Cl)c1Cc1ccccc1Br. The number of amides is 4. The molecule has 0 unspecified atom stereocenters. The Kier molecular flexibility index (Phi) is 7.83. The summed E-state index contributed by atoms with van der Waals surface area (Å²) in [5.41, 5.74) is 3.01. The minimum Gasteiger partial charge on any atom is -0.494 e. The second-order valence-electron chi connectivity index (χ2n) is 8.07. The number of carbonyl (C=O) groups excluding carboxylic acids is 3. The molecule has 36 heavy (non-hydrogen) atoms. The number of imide groups is 2. The lowest BCUT2D eigenvalue weighted by Gasteiger charge is -2.27. The Balaban J connectivity index is 1.75. The molecular formula is C27H21BrCl2N2O4. The third-order valence-electron chi connectivity index (χ3n) is 5.63. The Morgan fingerprint density at radius 3 is 2.53 bits per heavy atom. The predicted molar refractivity (Wildman–Crippen MR) is 145 cm³/mol. The van der Waals surface area contributed by atoms with Crippen molar-refractivity contribution in [2.24, 2.45) is 0 Å². The van der Waals surface area contributed by atoms with Crippen LogP contribution in [0.4, 0.5) is 10.5 Å². The first-order valence-electron chi connectivity index (χ1n) is 11.1. The van der Waals surface area contributed by atoms with Gasteiger partial charge in [-0.3, -0.25) is 14.9 Å². The van der Waals surface area contributed by atoms with Crippen molar-refractivity contribution in [3.05, 3.63) is 96.9 Å². The predicted octanol–water partition coefficient (Wildman–Crippen LogP) is 6.72. The van der Waals surface area contributed by atoms with Gasteiger partial charge in [0.2, 0.25) is 0 Å². The maximum atomic E-state index is 13.3. The molecule has 1 aliphatic rings. The number of nitrogens with zero attached hydrogens (tertiary/aromatic N) is 1. The molecule has 4 rings (SSSR count). The summed E-state index contributed by atoms with van der Waals surface area (Å²) in [4.78, 5) is 39.4. The number of hydrogen-bond donors (Lipinski definition) is 1. The van der Waals surface area contributed by atoms with Crippen molar-refractivity contribution in [2.45, 2.75) is 20.3 Å². The van der Waals surface area contributed by atoms with E-state index in [1.165, 1.54) is 12.1 Å². The first-order valence-corrected chi connectivity index (χ1v) is 12.6. The molecule has 0 radical (unpaired) electrons.